The Kier molecular flexibility index (Phi) is 4.58. The maximum Gasteiger partial charge on any atom is 0.228 e. The zero-order valence-electron chi connectivity index (χ0n) is 13.6. The van der Waals surface area contributed by atoms with Gasteiger partial charge in [0.25, 0.3) is 0 Å². The molecule has 0 aliphatic heterocycles. The Morgan fingerprint density at radius 1 is 0.917 bits per heavy atom. The number of carbonyl (C=O) groups excluding carboxylic acids is 2. The SMILES string of the molecule is Cc1ccccc1NC(=O)C1CC1C(=O)Nc1ccc(Cl)cc1C. The van der Waals surface area contributed by atoms with Crippen LogP contribution in [0.5, 0.6) is 0 Å². The lowest BCUT2D eigenvalue weighted by atomic mass is 10.2. The Hall–Kier alpha value is -2.33. The van der Waals surface area contributed by atoms with Crippen LogP contribution in [-0.4, -0.2) is 11.8 Å². The second-order valence-electron chi connectivity index (χ2n) is 6.20. The van der Waals surface area contributed by atoms with E-state index in [9.17, 15) is 9.59 Å². The Balaban J connectivity index is 1.59. The normalized spacial score (nSPS) is 18.8. The fraction of sp³-hybridized carbons (Fsp3) is 0.263. The van der Waals surface area contributed by atoms with E-state index >= 15 is 0 Å². The van der Waals surface area contributed by atoms with Gasteiger partial charge in [-0.05, 0) is 55.7 Å². The van der Waals surface area contributed by atoms with E-state index in [-0.39, 0.29) is 23.7 Å². The van der Waals surface area contributed by atoms with Crippen molar-refractivity contribution in [2.45, 2.75) is 20.3 Å². The van der Waals surface area contributed by atoms with Crippen LogP contribution in [0.2, 0.25) is 5.02 Å². The summed E-state index contributed by atoms with van der Waals surface area (Å²) in [5, 5.41) is 6.42. The number of amides is 2. The molecule has 2 amide bonds. The van der Waals surface area contributed by atoms with Crippen LogP contribution in [0.25, 0.3) is 0 Å². The van der Waals surface area contributed by atoms with Crippen molar-refractivity contribution in [3.8, 4) is 0 Å². The van der Waals surface area contributed by atoms with Gasteiger partial charge in [-0.25, -0.2) is 0 Å². The molecule has 0 aromatic heterocycles. The van der Waals surface area contributed by atoms with E-state index in [1.807, 2.05) is 38.1 Å². The van der Waals surface area contributed by atoms with E-state index in [0.29, 0.717) is 11.4 Å². The van der Waals surface area contributed by atoms with Crippen molar-refractivity contribution < 1.29 is 9.59 Å². The van der Waals surface area contributed by atoms with E-state index in [1.54, 1.807) is 18.2 Å². The average molecular weight is 343 g/mol. The molecule has 2 N–H and O–H groups in total. The van der Waals surface area contributed by atoms with Gasteiger partial charge in [0.2, 0.25) is 11.8 Å². The fourth-order valence-corrected chi connectivity index (χ4v) is 2.93. The third kappa shape index (κ3) is 3.60. The van der Waals surface area contributed by atoms with Crippen molar-refractivity contribution in [3.05, 3.63) is 58.6 Å². The maximum absolute atomic E-state index is 12.3. The summed E-state index contributed by atoms with van der Waals surface area (Å²) < 4.78 is 0. The maximum atomic E-state index is 12.3. The van der Waals surface area contributed by atoms with Crippen LogP contribution in [0, 0.1) is 25.7 Å². The molecule has 1 fully saturated rings. The van der Waals surface area contributed by atoms with Crippen molar-refractivity contribution in [1.82, 2.24) is 0 Å². The third-order valence-corrected chi connectivity index (χ3v) is 4.55. The summed E-state index contributed by atoms with van der Waals surface area (Å²) >= 11 is 5.92. The van der Waals surface area contributed by atoms with Gasteiger partial charge < -0.3 is 10.6 Å². The smallest absolute Gasteiger partial charge is 0.228 e. The predicted octanol–water partition coefficient (Wildman–Crippen LogP) is 4.17. The molecule has 2 atom stereocenters. The molecule has 0 heterocycles. The Morgan fingerprint density at radius 2 is 1.50 bits per heavy atom. The zero-order chi connectivity index (χ0) is 17.3. The molecule has 4 nitrogen and oxygen atoms in total. The molecule has 0 bridgehead atoms. The standard InChI is InChI=1S/C19H19ClN2O2/c1-11-5-3-4-6-16(11)21-18(23)14-10-15(14)19(24)22-17-8-7-13(20)9-12(17)2/h3-9,14-15H,10H2,1-2H3,(H,21,23)(H,22,24). The molecule has 3 rings (SSSR count). The van der Waals surface area contributed by atoms with Crippen molar-refractivity contribution in [2.24, 2.45) is 11.8 Å². The topological polar surface area (TPSA) is 58.2 Å². The number of para-hydroxylation sites is 1. The van der Waals surface area contributed by atoms with Crippen molar-refractivity contribution in [1.29, 1.82) is 0 Å². The van der Waals surface area contributed by atoms with Crippen LogP contribution in [0.4, 0.5) is 11.4 Å². The lowest BCUT2D eigenvalue weighted by Crippen LogP contribution is -2.21. The highest BCUT2D eigenvalue weighted by Gasteiger charge is 2.48. The monoisotopic (exact) mass is 342 g/mol. The van der Waals surface area contributed by atoms with Crippen molar-refractivity contribution in [2.75, 3.05) is 10.6 Å². The fourth-order valence-electron chi connectivity index (χ4n) is 2.71. The number of hydrogen-bond donors (Lipinski definition) is 2. The van der Waals surface area contributed by atoms with E-state index < -0.39 is 0 Å². The molecule has 24 heavy (non-hydrogen) atoms. The number of halogens is 1. The van der Waals surface area contributed by atoms with Crippen molar-refractivity contribution >= 4 is 34.8 Å². The van der Waals surface area contributed by atoms with E-state index in [1.165, 1.54) is 0 Å². The summed E-state index contributed by atoms with van der Waals surface area (Å²) in [6.45, 7) is 3.83. The van der Waals surface area contributed by atoms with E-state index in [0.717, 1.165) is 22.5 Å². The van der Waals surface area contributed by atoms with Gasteiger partial charge in [-0.2, -0.15) is 0 Å². The van der Waals surface area contributed by atoms with Gasteiger partial charge in [0.15, 0.2) is 0 Å². The molecule has 2 aromatic carbocycles. The summed E-state index contributed by atoms with van der Waals surface area (Å²) in [4.78, 5) is 24.6. The highest BCUT2D eigenvalue weighted by atomic mass is 35.5. The summed E-state index contributed by atoms with van der Waals surface area (Å²) in [5.41, 5.74) is 3.43. The summed E-state index contributed by atoms with van der Waals surface area (Å²) in [5.74, 6) is -0.760. The van der Waals surface area contributed by atoms with E-state index in [2.05, 4.69) is 10.6 Å². The third-order valence-electron chi connectivity index (χ3n) is 4.31. The summed E-state index contributed by atoms with van der Waals surface area (Å²) in [7, 11) is 0. The number of rotatable bonds is 4. The van der Waals surface area contributed by atoms with Crippen LogP contribution < -0.4 is 10.6 Å². The largest absolute Gasteiger partial charge is 0.326 e. The van der Waals surface area contributed by atoms with Crippen molar-refractivity contribution in [3.63, 3.8) is 0 Å². The predicted molar refractivity (Wildman–Crippen MR) is 96.2 cm³/mol. The molecular weight excluding hydrogens is 324 g/mol. The van der Waals surface area contributed by atoms with Gasteiger partial charge in [-0.15, -0.1) is 0 Å². The minimum atomic E-state index is -0.274. The molecule has 0 spiro atoms. The first kappa shape index (κ1) is 16.5. The molecule has 0 radical (unpaired) electrons. The second-order valence-corrected chi connectivity index (χ2v) is 6.64. The number of nitrogens with one attached hydrogen (secondary N) is 2. The molecule has 5 heteroatoms. The highest BCUT2D eigenvalue weighted by Crippen LogP contribution is 2.40. The number of aryl methyl sites for hydroxylation is 2. The first-order valence-electron chi connectivity index (χ1n) is 7.89. The van der Waals surface area contributed by atoms with Gasteiger partial charge in [0.1, 0.15) is 0 Å². The van der Waals surface area contributed by atoms with Gasteiger partial charge >= 0.3 is 0 Å². The molecular formula is C19H19ClN2O2. The first-order valence-corrected chi connectivity index (χ1v) is 8.27. The van der Waals surface area contributed by atoms with Gasteiger partial charge in [-0.3, -0.25) is 9.59 Å². The molecule has 1 aliphatic rings. The summed E-state index contributed by atoms with van der Waals surface area (Å²) in [6.07, 6.45) is 0.580. The minimum Gasteiger partial charge on any atom is -0.326 e. The lowest BCUT2D eigenvalue weighted by molar-refractivity contribution is -0.122. The van der Waals surface area contributed by atoms with E-state index in [4.69, 9.17) is 11.6 Å². The van der Waals surface area contributed by atoms with Crippen LogP contribution in [-0.2, 0) is 9.59 Å². The molecule has 124 valence electrons. The zero-order valence-corrected chi connectivity index (χ0v) is 14.4. The number of carbonyl (C=O) groups is 2. The van der Waals surface area contributed by atoms with Gasteiger partial charge in [-0.1, -0.05) is 29.8 Å². The highest BCUT2D eigenvalue weighted by molar-refractivity contribution is 6.30. The molecule has 2 aromatic rings. The lowest BCUT2D eigenvalue weighted by Gasteiger charge is -2.09. The quantitative estimate of drug-likeness (QED) is 0.876. The van der Waals surface area contributed by atoms with Gasteiger partial charge in [0.05, 0.1) is 11.8 Å². The van der Waals surface area contributed by atoms with Gasteiger partial charge in [0, 0.05) is 16.4 Å². The Morgan fingerprint density at radius 3 is 2.08 bits per heavy atom. The Bertz CT molecular complexity index is 804. The number of hydrogen-bond acceptors (Lipinski definition) is 2. The molecule has 1 aliphatic carbocycles. The van der Waals surface area contributed by atoms with Crippen LogP contribution in [0.3, 0.4) is 0 Å². The van der Waals surface area contributed by atoms with Crippen LogP contribution in [0.15, 0.2) is 42.5 Å². The second kappa shape index (κ2) is 6.65. The number of benzene rings is 2. The number of anilines is 2. The van der Waals surface area contributed by atoms with Crippen LogP contribution in [0.1, 0.15) is 17.5 Å². The average Bonchev–Trinajstić information content (AvgIpc) is 3.33. The first-order chi connectivity index (χ1) is 11.5. The molecule has 1 saturated carbocycles. The molecule has 0 saturated heterocycles. The summed E-state index contributed by atoms with van der Waals surface area (Å²) in [6, 6.07) is 12.9. The van der Waals surface area contributed by atoms with Crippen LogP contribution >= 0.6 is 11.6 Å². The Labute approximate surface area is 146 Å². The minimum absolute atomic E-state index is 0.0997. The molecule has 2 unspecified atom stereocenters.